The van der Waals surface area contributed by atoms with Crippen molar-refractivity contribution in [3.63, 3.8) is 0 Å². The first-order valence-corrected chi connectivity index (χ1v) is 5.75. The van der Waals surface area contributed by atoms with Crippen LogP contribution in [0.3, 0.4) is 0 Å². The van der Waals surface area contributed by atoms with E-state index in [1.165, 1.54) is 0 Å². The molecule has 0 aromatic heterocycles. The Morgan fingerprint density at radius 3 is 2.78 bits per heavy atom. The fourth-order valence-corrected chi connectivity index (χ4v) is 1.39. The Morgan fingerprint density at radius 2 is 2.11 bits per heavy atom. The van der Waals surface area contributed by atoms with Gasteiger partial charge in [0, 0.05) is 0 Å². The Hall–Kier alpha value is -1.34. The second-order valence-electron chi connectivity index (χ2n) is 3.67. The molecule has 0 saturated carbocycles. The molecule has 1 aromatic carbocycles. The molecule has 0 spiro atoms. The van der Waals surface area contributed by atoms with E-state index in [9.17, 15) is 5.11 Å². The monoisotopic (exact) mass is 256 g/mol. The highest BCUT2D eigenvalue weighted by molar-refractivity contribution is 5.54. The van der Waals surface area contributed by atoms with Crippen LogP contribution in [0.4, 0.5) is 5.69 Å². The third-order valence-corrected chi connectivity index (χ3v) is 2.35. The molecule has 6 nitrogen and oxygen atoms in total. The summed E-state index contributed by atoms with van der Waals surface area (Å²) in [4.78, 5) is 0. The number of nitrogen functional groups attached to an aromatic ring is 1. The van der Waals surface area contributed by atoms with Crippen LogP contribution >= 0.6 is 0 Å². The van der Waals surface area contributed by atoms with Gasteiger partial charge in [-0.1, -0.05) is 6.07 Å². The smallest absolute Gasteiger partial charge is 0.142 e. The number of rotatable bonds is 8. The molecule has 6 heteroatoms. The Balaban J connectivity index is 2.53. The van der Waals surface area contributed by atoms with E-state index in [0.29, 0.717) is 30.2 Å². The molecule has 0 aliphatic carbocycles. The number of aliphatic hydroxyl groups is 2. The highest BCUT2D eigenvalue weighted by atomic mass is 16.5. The van der Waals surface area contributed by atoms with E-state index in [4.69, 9.17) is 20.3 Å². The summed E-state index contributed by atoms with van der Waals surface area (Å²) in [5.74, 6) is 0.509. The van der Waals surface area contributed by atoms with Crippen molar-refractivity contribution in [2.45, 2.75) is 6.23 Å². The standard InChI is InChI=1S/C12H20N2O4/c1-14-12(16)9-2-3-10(13)11(8-9)18-7-6-17-5-4-15/h2-3,8,12,14-16H,4-7,13H2,1H3. The summed E-state index contributed by atoms with van der Waals surface area (Å²) in [6.45, 7) is 0.992. The molecule has 1 aromatic rings. The Kier molecular flexibility index (Phi) is 6.45. The van der Waals surface area contributed by atoms with Crippen LogP contribution in [0.5, 0.6) is 5.75 Å². The summed E-state index contributed by atoms with van der Waals surface area (Å²) in [6.07, 6.45) is -0.751. The predicted octanol–water partition coefficient (Wildman–Crippen LogP) is -0.133. The molecule has 0 aliphatic heterocycles. The van der Waals surface area contributed by atoms with Gasteiger partial charge in [0.05, 0.1) is 25.5 Å². The second-order valence-corrected chi connectivity index (χ2v) is 3.67. The summed E-state index contributed by atoms with van der Waals surface area (Å²) in [6, 6.07) is 5.09. The van der Waals surface area contributed by atoms with Crippen molar-refractivity contribution in [3.8, 4) is 5.75 Å². The van der Waals surface area contributed by atoms with E-state index in [1.807, 2.05) is 0 Å². The number of benzene rings is 1. The molecule has 1 unspecified atom stereocenters. The minimum absolute atomic E-state index is 0.00795. The van der Waals surface area contributed by atoms with Gasteiger partial charge < -0.3 is 25.4 Å². The van der Waals surface area contributed by atoms with Crippen LogP contribution in [0, 0.1) is 0 Å². The first-order valence-electron chi connectivity index (χ1n) is 5.75. The number of anilines is 1. The third kappa shape index (κ3) is 4.50. The molecular formula is C12H20N2O4. The fraction of sp³-hybridized carbons (Fsp3) is 0.500. The van der Waals surface area contributed by atoms with E-state index in [0.717, 1.165) is 0 Å². The lowest BCUT2D eigenvalue weighted by Crippen LogP contribution is -2.16. The van der Waals surface area contributed by atoms with Crippen LogP contribution in [0.25, 0.3) is 0 Å². The van der Waals surface area contributed by atoms with Gasteiger partial charge in [-0.15, -0.1) is 0 Å². The van der Waals surface area contributed by atoms with Crippen LogP contribution in [0.15, 0.2) is 18.2 Å². The van der Waals surface area contributed by atoms with Crippen LogP contribution in [0.2, 0.25) is 0 Å². The molecule has 102 valence electrons. The van der Waals surface area contributed by atoms with Crippen LogP contribution in [-0.4, -0.2) is 43.7 Å². The van der Waals surface area contributed by atoms with Crippen molar-refractivity contribution in [3.05, 3.63) is 23.8 Å². The normalized spacial score (nSPS) is 12.4. The summed E-state index contributed by atoms with van der Waals surface area (Å²) in [5, 5.41) is 20.9. The topological polar surface area (TPSA) is 97.0 Å². The zero-order valence-corrected chi connectivity index (χ0v) is 10.4. The minimum atomic E-state index is -0.751. The fourth-order valence-electron chi connectivity index (χ4n) is 1.39. The molecule has 0 amide bonds. The number of aliphatic hydroxyl groups excluding tert-OH is 2. The lowest BCUT2D eigenvalue weighted by atomic mass is 10.1. The van der Waals surface area contributed by atoms with Crippen LogP contribution in [-0.2, 0) is 4.74 Å². The number of hydrogen-bond acceptors (Lipinski definition) is 6. The van der Waals surface area contributed by atoms with Crippen molar-refractivity contribution in [2.75, 3.05) is 39.2 Å². The van der Waals surface area contributed by atoms with Gasteiger partial charge in [0.2, 0.25) is 0 Å². The van der Waals surface area contributed by atoms with Gasteiger partial charge in [-0.25, -0.2) is 0 Å². The summed E-state index contributed by atoms with van der Waals surface area (Å²) < 4.78 is 10.5. The molecule has 0 fully saturated rings. The largest absolute Gasteiger partial charge is 0.489 e. The van der Waals surface area contributed by atoms with Crippen molar-refractivity contribution in [1.82, 2.24) is 5.32 Å². The molecule has 0 radical (unpaired) electrons. The summed E-state index contributed by atoms with van der Waals surface area (Å²) in [5.41, 5.74) is 6.95. The quantitative estimate of drug-likeness (QED) is 0.294. The Labute approximate surface area is 106 Å². The maximum Gasteiger partial charge on any atom is 0.142 e. The highest BCUT2D eigenvalue weighted by Crippen LogP contribution is 2.25. The molecule has 1 rings (SSSR count). The molecule has 1 atom stereocenters. The van der Waals surface area contributed by atoms with E-state index in [-0.39, 0.29) is 13.2 Å². The van der Waals surface area contributed by atoms with Crippen molar-refractivity contribution in [1.29, 1.82) is 0 Å². The van der Waals surface area contributed by atoms with Gasteiger partial charge in [-0.2, -0.15) is 0 Å². The van der Waals surface area contributed by atoms with Crippen LogP contribution < -0.4 is 15.8 Å². The van der Waals surface area contributed by atoms with Crippen molar-refractivity contribution in [2.24, 2.45) is 0 Å². The average molecular weight is 256 g/mol. The maximum absolute atomic E-state index is 9.63. The average Bonchev–Trinajstić information content (AvgIpc) is 2.39. The van der Waals surface area contributed by atoms with Gasteiger partial charge in [0.15, 0.2) is 0 Å². The zero-order chi connectivity index (χ0) is 13.4. The molecule has 0 heterocycles. The van der Waals surface area contributed by atoms with E-state index in [2.05, 4.69) is 5.32 Å². The first-order chi connectivity index (χ1) is 8.69. The lowest BCUT2D eigenvalue weighted by molar-refractivity contribution is 0.0705. The molecule has 0 saturated heterocycles. The van der Waals surface area contributed by atoms with Crippen molar-refractivity contribution >= 4 is 5.69 Å². The molecule has 18 heavy (non-hydrogen) atoms. The number of hydrogen-bond donors (Lipinski definition) is 4. The SMILES string of the molecule is CNC(O)c1ccc(N)c(OCCOCCO)c1. The lowest BCUT2D eigenvalue weighted by Gasteiger charge is -2.14. The second kappa shape index (κ2) is 7.88. The molecule has 0 aliphatic rings. The van der Waals surface area contributed by atoms with Gasteiger partial charge in [0.25, 0.3) is 0 Å². The van der Waals surface area contributed by atoms with Gasteiger partial charge in [-0.3, -0.25) is 5.32 Å². The van der Waals surface area contributed by atoms with Gasteiger partial charge in [0.1, 0.15) is 18.6 Å². The van der Waals surface area contributed by atoms with Gasteiger partial charge in [-0.05, 0) is 24.7 Å². The zero-order valence-electron chi connectivity index (χ0n) is 10.4. The van der Waals surface area contributed by atoms with E-state index in [1.54, 1.807) is 25.2 Å². The first kappa shape index (κ1) is 14.7. The number of nitrogens with one attached hydrogen (secondary N) is 1. The highest BCUT2D eigenvalue weighted by Gasteiger charge is 2.08. The van der Waals surface area contributed by atoms with Gasteiger partial charge >= 0.3 is 0 Å². The predicted molar refractivity (Wildman–Crippen MR) is 68.3 cm³/mol. The maximum atomic E-state index is 9.63. The number of ether oxygens (including phenoxy) is 2. The van der Waals surface area contributed by atoms with Crippen LogP contribution in [0.1, 0.15) is 11.8 Å². The molecular weight excluding hydrogens is 236 g/mol. The summed E-state index contributed by atoms with van der Waals surface area (Å²) in [7, 11) is 1.66. The van der Waals surface area contributed by atoms with E-state index < -0.39 is 6.23 Å². The molecule has 5 N–H and O–H groups in total. The van der Waals surface area contributed by atoms with E-state index >= 15 is 0 Å². The minimum Gasteiger partial charge on any atom is -0.489 e. The van der Waals surface area contributed by atoms with Crippen molar-refractivity contribution < 1.29 is 19.7 Å². The Morgan fingerprint density at radius 1 is 1.33 bits per heavy atom. The molecule has 0 bridgehead atoms. The summed E-state index contributed by atoms with van der Waals surface area (Å²) >= 11 is 0. The third-order valence-electron chi connectivity index (χ3n) is 2.35. The number of nitrogens with two attached hydrogens (primary N) is 1. The Bertz CT molecular complexity index is 360.